The number of aliphatic hydroxyl groups is 1. The summed E-state index contributed by atoms with van der Waals surface area (Å²) in [4.78, 5) is 9.24. The van der Waals surface area contributed by atoms with Crippen LogP contribution >= 0.6 is 23.2 Å². The number of rotatable bonds is 3. The molecular weight excluding hydrogens is 301 g/mol. The monoisotopic (exact) mass is 319 g/mol. The van der Waals surface area contributed by atoms with Gasteiger partial charge in [-0.2, -0.15) is 0 Å². The number of hydrogen-bond donors (Lipinski definition) is 3. The van der Waals surface area contributed by atoms with E-state index in [4.69, 9.17) is 28.3 Å². The van der Waals surface area contributed by atoms with Crippen molar-refractivity contribution in [3.8, 4) is 0 Å². The van der Waals surface area contributed by atoms with Gasteiger partial charge in [-0.1, -0.05) is 23.7 Å². The molecule has 0 spiro atoms. The van der Waals surface area contributed by atoms with Gasteiger partial charge in [-0.25, -0.2) is 0 Å². The zero-order valence-electron chi connectivity index (χ0n) is 11.1. The SMILES string of the molecule is O=C(O)CCl.OCC1CNCCC1c1ccc(Cl)cc1. The standard InChI is InChI=1S/C12H16ClNO.C2H3ClO2/c13-11-3-1-9(2-4-11)12-5-6-14-7-10(12)8-15;3-1-2(4)5/h1-4,10,12,14-15H,5-8H2;1H2,(H,4,5). The van der Waals surface area contributed by atoms with Crippen molar-refractivity contribution in [3.05, 3.63) is 34.9 Å². The summed E-state index contributed by atoms with van der Waals surface area (Å²) in [5, 5.41) is 21.0. The van der Waals surface area contributed by atoms with Gasteiger partial charge < -0.3 is 15.5 Å². The second-order valence-electron chi connectivity index (χ2n) is 4.62. The van der Waals surface area contributed by atoms with Gasteiger partial charge in [-0.3, -0.25) is 4.79 Å². The number of piperidine rings is 1. The van der Waals surface area contributed by atoms with Gasteiger partial charge in [-0.15, -0.1) is 11.6 Å². The Bertz CT molecular complexity index is 411. The molecule has 0 bridgehead atoms. The van der Waals surface area contributed by atoms with Crippen LogP contribution < -0.4 is 5.32 Å². The van der Waals surface area contributed by atoms with E-state index in [1.807, 2.05) is 12.1 Å². The predicted octanol–water partition coefficient (Wildman–Crippen LogP) is 2.34. The van der Waals surface area contributed by atoms with Crippen molar-refractivity contribution in [1.82, 2.24) is 5.32 Å². The first-order valence-electron chi connectivity index (χ1n) is 6.43. The zero-order valence-corrected chi connectivity index (χ0v) is 12.6. The third-order valence-electron chi connectivity index (χ3n) is 3.25. The van der Waals surface area contributed by atoms with Crippen LogP contribution in [0.4, 0.5) is 0 Å². The zero-order chi connectivity index (χ0) is 15.0. The Morgan fingerprint density at radius 1 is 1.35 bits per heavy atom. The molecule has 6 heteroatoms. The Balaban J connectivity index is 0.000000347. The second-order valence-corrected chi connectivity index (χ2v) is 5.32. The summed E-state index contributed by atoms with van der Waals surface area (Å²) in [5.41, 5.74) is 1.29. The van der Waals surface area contributed by atoms with E-state index in [-0.39, 0.29) is 12.5 Å². The van der Waals surface area contributed by atoms with Crippen LogP contribution in [0, 0.1) is 5.92 Å². The van der Waals surface area contributed by atoms with Gasteiger partial charge in [0.05, 0.1) is 0 Å². The van der Waals surface area contributed by atoms with Crippen LogP contribution in [0.25, 0.3) is 0 Å². The molecule has 0 amide bonds. The molecule has 4 nitrogen and oxygen atoms in total. The maximum atomic E-state index is 9.31. The third kappa shape index (κ3) is 5.67. The highest BCUT2D eigenvalue weighted by atomic mass is 35.5. The quantitative estimate of drug-likeness (QED) is 0.748. The second kappa shape index (κ2) is 9.19. The van der Waals surface area contributed by atoms with Crippen LogP contribution in [0.15, 0.2) is 24.3 Å². The number of nitrogens with one attached hydrogen (secondary N) is 1. The Morgan fingerprint density at radius 2 is 1.95 bits per heavy atom. The molecule has 0 radical (unpaired) electrons. The average Bonchev–Trinajstić information content (AvgIpc) is 2.48. The predicted molar refractivity (Wildman–Crippen MR) is 80.6 cm³/mol. The van der Waals surface area contributed by atoms with Crippen LogP contribution in [0.2, 0.25) is 5.02 Å². The first kappa shape index (κ1) is 17.2. The number of benzene rings is 1. The molecule has 20 heavy (non-hydrogen) atoms. The lowest BCUT2D eigenvalue weighted by molar-refractivity contribution is -0.134. The molecule has 112 valence electrons. The first-order chi connectivity index (χ1) is 9.58. The topological polar surface area (TPSA) is 69.6 Å². The van der Waals surface area contributed by atoms with Crippen molar-refractivity contribution in [3.63, 3.8) is 0 Å². The molecule has 0 saturated carbocycles. The number of hydrogen-bond acceptors (Lipinski definition) is 3. The first-order valence-corrected chi connectivity index (χ1v) is 7.34. The maximum absolute atomic E-state index is 9.31. The fourth-order valence-corrected chi connectivity index (χ4v) is 2.39. The molecule has 1 aromatic carbocycles. The van der Waals surface area contributed by atoms with Crippen molar-refractivity contribution in [2.24, 2.45) is 5.92 Å². The number of aliphatic hydroxyl groups excluding tert-OH is 1. The lowest BCUT2D eigenvalue weighted by Crippen LogP contribution is -2.37. The molecule has 2 rings (SSSR count). The molecule has 0 aromatic heterocycles. The lowest BCUT2D eigenvalue weighted by Gasteiger charge is -2.31. The number of carboxylic acids is 1. The number of carbonyl (C=O) groups is 1. The molecule has 1 fully saturated rings. The Hall–Kier alpha value is -0.810. The number of alkyl halides is 1. The molecule has 1 aromatic rings. The number of halogens is 2. The van der Waals surface area contributed by atoms with Gasteiger partial charge in [0.2, 0.25) is 0 Å². The summed E-state index contributed by atoms with van der Waals surface area (Å²) in [7, 11) is 0. The minimum Gasteiger partial charge on any atom is -0.480 e. The van der Waals surface area contributed by atoms with Crippen molar-refractivity contribution in [2.75, 3.05) is 25.6 Å². The molecule has 0 aliphatic carbocycles. The number of carboxylic acid groups (broad SMARTS) is 1. The fourth-order valence-electron chi connectivity index (χ4n) is 2.26. The summed E-state index contributed by atoms with van der Waals surface area (Å²) >= 11 is 10.6. The Kier molecular flexibility index (Phi) is 7.92. The van der Waals surface area contributed by atoms with Crippen LogP contribution in [0.3, 0.4) is 0 Å². The van der Waals surface area contributed by atoms with Crippen LogP contribution in [0.1, 0.15) is 17.9 Å². The highest BCUT2D eigenvalue weighted by Gasteiger charge is 2.25. The summed E-state index contributed by atoms with van der Waals surface area (Å²) in [6.07, 6.45) is 1.09. The van der Waals surface area contributed by atoms with Crippen LogP contribution in [-0.4, -0.2) is 41.8 Å². The normalized spacial score (nSPS) is 21.8. The summed E-state index contributed by atoms with van der Waals surface area (Å²) in [6, 6.07) is 7.99. The Morgan fingerprint density at radius 3 is 2.45 bits per heavy atom. The van der Waals surface area contributed by atoms with Gasteiger partial charge in [-0.05, 0) is 36.6 Å². The summed E-state index contributed by atoms with van der Waals surface area (Å²) in [6.45, 7) is 2.19. The Labute approximate surface area is 128 Å². The maximum Gasteiger partial charge on any atom is 0.318 e. The highest BCUT2D eigenvalue weighted by molar-refractivity contribution is 6.30. The minimum absolute atomic E-state index is 0.250. The molecule has 2 atom stereocenters. The summed E-state index contributed by atoms with van der Waals surface area (Å²) < 4.78 is 0. The third-order valence-corrected chi connectivity index (χ3v) is 3.74. The number of aliphatic carboxylic acids is 1. The van der Waals surface area contributed by atoms with Gasteiger partial charge in [0, 0.05) is 24.1 Å². The van der Waals surface area contributed by atoms with E-state index >= 15 is 0 Å². The van der Waals surface area contributed by atoms with E-state index < -0.39 is 5.97 Å². The molecule has 1 saturated heterocycles. The van der Waals surface area contributed by atoms with Crippen molar-refractivity contribution < 1.29 is 15.0 Å². The van der Waals surface area contributed by atoms with E-state index in [0.717, 1.165) is 24.5 Å². The average molecular weight is 320 g/mol. The molecule has 2 unspecified atom stereocenters. The molecule has 1 aliphatic rings. The minimum atomic E-state index is -0.980. The van der Waals surface area contributed by atoms with E-state index in [1.54, 1.807) is 0 Å². The van der Waals surface area contributed by atoms with Gasteiger partial charge in [0.25, 0.3) is 0 Å². The molecular formula is C14H19Cl2NO3. The van der Waals surface area contributed by atoms with Crippen molar-refractivity contribution in [1.29, 1.82) is 0 Å². The molecule has 3 N–H and O–H groups in total. The van der Waals surface area contributed by atoms with Crippen LogP contribution in [0.5, 0.6) is 0 Å². The van der Waals surface area contributed by atoms with Gasteiger partial charge >= 0.3 is 5.97 Å². The van der Waals surface area contributed by atoms with E-state index in [9.17, 15) is 9.90 Å². The lowest BCUT2D eigenvalue weighted by atomic mass is 9.82. The van der Waals surface area contributed by atoms with E-state index in [0.29, 0.717) is 11.8 Å². The highest BCUT2D eigenvalue weighted by Crippen LogP contribution is 2.30. The van der Waals surface area contributed by atoms with Crippen molar-refractivity contribution in [2.45, 2.75) is 12.3 Å². The molecule has 1 aliphatic heterocycles. The van der Waals surface area contributed by atoms with Gasteiger partial charge in [0.1, 0.15) is 5.88 Å². The fraction of sp³-hybridized carbons (Fsp3) is 0.500. The smallest absolute Gasteiger partial charge is 0.318 e. The van der Waals surface area contributed by atoms with E-state index in [2.05, 4.69) is 17.4 Å². The van der Waals surface area contributed by atoms with E-state index in [1.165, 1.54) is 5.56 Å². The van der Waals surface area contributed by atoms with Crippen LogP contribution in [-0.2, 0) is 4.79 Å². The van der Waals surface area contributed by atoms with Gasteiger partial charge in [0.15, 0.2) is 0 Å². The largest absolute Gasteiger partial charge is 0.480 e. The molecule has 1 heterocycles. The van der Waals surface area contributed by atoms with Crippen molar-refractivity contribution >= 4 is 29.2 Å². The summed E-state index contributed by atoms with van der Waals surface area (Å²) in [5.74, 6) is -0.486.